The van der Waals surface area contributed by atoms with Crippen LogP contribution in [0.4, 0.5) is 11.4 Å². The summed E-state index contributed by atoms with van der Waals surface area (Å²) in [6, 6.07) is 4.10. The highest BCUT2D eigenvalue weighted by Crippen LogP contribution is 2.43. The molecular formula is C20H25N5O2. The summed E-state index contributed by atoms with van der Waals surface area (Å²) in [5.41, 5.74) is 8.32. The van der Waals surface area contributed by atoms with Crippen LogP contribution in [0.1, 0.15) is 29.8 Å². The van der Waals surface area contributed by atoms with Crippen molar-refractivity contribution in [2.45, 2.75) is 34.1 Å². The van der Waals surface area contributed by atoms with Crippen LogP contribution in [0.15, 0.2) is 16.7 Å². The summed E-state index contributed by atoms with van der Waals surface area (Å²) in [5.74, 6) is 0.761. The number of H-pyrrole nitrogens is 1. The Morgan fingerprint density at radius 2 is 2.00 bits per heavy atom. The first-order valence-electron chi connectivity index (χ1n) is 8.94. The molecule has 2 N–H and O–H groups in total. The molecule has 0 aliphatic rings. The van der Waals surface area contributed by atoms with Crippen LogP contribution in [0.3, 0.4) is 0 Å². The fourth-order valence-corrected chi connectivity index (χ4v) is 3.58. The molecular weight excluding hydrogens is 342 g/mol. The summed E-state index contributed by atoms with van der Waals surface area (Å²) in [4.78, 5) is 13.2. The minimum absolute atomic E-state index is 0.761. The van der Waals surface area contributed by atoms with Crippen molar-refractivity contribution in [1.29, 1.82) is 0 Å². The van der Waals surface area contributed by atoms with E-state index < -0.39 is 0 Å². The first-order valence-corrected chi connectivity index (χ1v) is 8.94. The van der Waals surface area contributed by atoms with Gasteiger partial charge in [-0.25, -0.2) is 0 Å². The number of nitrogens with one attached hydrogen (secondary N) is 2. The van der Waals surface area contributed by atoms with Crippen molar-refractivity contribution < 1.29 is 9.32 Å². The summed E-state index contributed by atoms with van der Waals surface area (Å²) >= 11 is 0. The summed E-state index contributed by atoms with van der Waals surface area (Å²) < 4.78 is 5.37. The van der Waals surface area contributed by atoms with E-state index >= 15 is 0 Å². The van der Waals surface area contributed by atoms with Gasteiger partial charge in [0.05, 0.1) is 22.8 Å². The largest absolute Gasteiger partial charge is 0.386 e. The fourth-order valence-electron chi connectivity index (χ4n) is 3.58. The summed E-state index contributed by atoms with van der Waals surface area (Å²) in [7, 11) is 3.60. The van der Waals surface area contributed by atoms with Gasteiger partial charge >= 0.3 is 0 Å². The van der Waals surface area contributed by atoms with Crippen LogP contribution in [0.2, 0.25) is 0 Å². The first-order chi connectivity index (χ1) is 12.9. The van der Waals surface area contributed by atoms with Crippen LogP contribution in [-0.4, -0.2) is 35.9 Å². The average Bonchev–Trinajstić information content (AvgIpc) is 3.21. The standard InChI is InChI=1S/C20H25N5O2/c1-7-16-19(11(2)22-23-16)15-8-14(18-12(3)24-27-13(18)4)9-17(21-5)20(15)25(6)10-26/h8-10,21H,7H2,1-6H3,(H,22,23). The molecule has 0 aliphatic carbocycles. The van der Waals surface area contributed by atoms with E-state index in [2.05, 4.69) is 33.7 Å². The molecule has 7 heteroatoms. The number of hydrogen-bond donors (Lipinski definition) is 2. The Kier molecular flexibility index (Phi) is 5.03. The highest BCUT2D eigenvalue weighted by Gasteiger charge is 2.23. The van der Waals surface area contributed by atoms with E-state index in [4.69, 9.17) is 4.52 Å². The van der Waals surface area contributed by atoms with Crippen molar-refractivity contribution in [2.24, 2.45) is 0 Å². The number of aromatic amines is 1. The molecule has 0 unspecified atom stereocenters. The van der Waals surface area contributed by atoms with Crippen molar-refractivity contribution in [3.63, 3.8) is 0 Å². The summed E-state index contributed by atoms with van der Waals surface area (Å²) in [5, 5.41) is 14.8. The molecule has 0 bridgehead atoms. The van der Waals surface area contributed by atoms with Gasteiger partial charge in [-0.15, -0.1) is 0 Å². The Hall–Kier alpha value is -3.09. The molecule has 7 nitrogen and oxygen atoms in total. The van der Waals surface area contributed by atoms with Gasteiger partial charge in [-0.1, -0.05) is 12.1 Å². The molecule has 1 amide bonds. The molecule has 0 saturated carbocycles. The maximum atomic E-state index is 11.6. The molecule has 0 aliphatic heterocycles. The Bertz CT molecular complexity index is 967. The number of rotatable bonds is 6. The highest BCUT2D eigenvalue weighted by molar-refractivity contribution is 5.98. The van der Waals surface area contributed by atoms with Crippen LogP contribution >= 0.6 is 0 Å². The van der Waals surface area contributed by atoms with Gasteiger partial charge in [0.25, 0.3) is 0 Å². The average molecular weight is 367 g/mol. The van der Waals surface area contributed by atoms with E-state index in [0.717, 1.165) is 69.3 Å². The Labute approximate surface area is 158 Å². The Morgan fingerprint density at radius 3 is 2.56 bits per heavy atom. The lowest BCUT2D eigenvalue weighted by atomic mass is 9.93. The van der Waals surface area contributed by atoms with Gasteiger partial charge in [-0.3, -0.25) is 9.89 Å². The van der Waals surface area contributed by atoms with Gasteiger partial charge in [0.2, 0.25) is 6.41 Å². The van der Waals surface area contributed by atoms with Crippen LogP contribution < -0.4 is 10.2 Å². The van der Waals surface area contributed by atoms with Gasteiger partial charge in [-0.05, 0) is 44.9 Å². The van der Waals surface area contributed by atoms with Crippen molar-refractivity contribution in [1.82, 2.24) is 15.4 Å². The van der Waals surface area contributed by atoms with Gasteiger partial charge in [0, 0.05) is 36.5 Å². The zero-order chi connectivity index (χ0) is 19.7. The summed E-state index contributed by atoms with van der Waals surface area (Å²) in [6.45, 7) is 7.89. The van der Waals surface area contributed by atoms with Crippen LogP contribution in [0, 0.1) is 20.8 Å². The molecule has 2 aromatic heterocycles. The van der Waals surface area contributed by atoms with Crippen molar-refractivity contribution >= 4 is 17.8 Å². The van der Waals surface area contributed by atoms with Crippen LogP contribution in [0.5, 0.6) is 0 Å². The third kappa shape index (κ3) is 3.09. The molecule has 27 heavy (non-hydrogen) atoms. The molecule has 3 aromatic rings. The third-order valence-corrected chi connectivity index (χ3v) is 4.84. The van der Waals surface area contributed by atoms with E-state index in [1.54, 1.807) is 11.9 Å². The molecule has 0 saturated heterocycles. The summed E-state index contributed by atoms with van der Waals surface area (Å²) in [6.07, 6.45) is 1.60. The zero-order valence-electron chi connectivity index (χ0n) is 16.6. The van der Waals surface area contributed by atoms with Crippen molar-refractivity contribution in [3.8, 4) is 22.3 Å². The normalized spacial score (nSPS) is 10.9. The second-order valence-electron chi connectivity index (χ2n) is 6.61. The van der Waals surface area contributed by atoms with Crippen LogP contribution in [-0.2, 0) is 11.2 Å². The quantitative estimate of drug-likeness (QED) is 0.646. The molecule has 1 aromatic carbocycles. The first kappa shape index (κ1) is 18.7. The SMILES string of the molecule is CCc1n[nH]c(C)c1-c1cc(-c2c(C)noc2C)cc(NC)c1N(C)C=O. The lowest BCUT2D eigenvalue weighted by Gasteiger charge is -2.22. The lowest BCUT2D eigenvalue weighted by Crippen LogP contribution is -2.17. The van der Waals surface area contributed by atoms with Gasteiger partial charge in [0.15, 0.2) is 0 Å². The number of carbonyl (C=O) groups is 1. The molecule has 0 spiro atoms. The van der Waals surface area contributed by atoms with E-state index in [9.17, 15) is 4.79 Å². The minimum Gasteiger partial charge on any atom is -0.386 e. The number of hydrogen-bond acceptors (Lipinski definition) is 5. The predicted molar refractivity (Wildman–Crippen MR) is 107 cm³/mol. The highest BCUT2D eigenvalue weighted by atomic mass is 16.5. The van der Waals surface area contributed by atoms with E-state index in [-0.39, 0.29) is 0 Å². The molecule has 0 atom stereocenters. The molecule has 2 heterocycles. The Morgan fingerprint density at radius 1 is 1.26 bits per heavy atom. The van der Waals surface area contributed by atoms with Gasteiger partial charge in [0.1, 0.15) is 5.76 Å². The zero-order valence-corrected chi connectivity index (χ0v) is 16.6. The van der Waals surface area contributed by atoms with Crippen molar-refractivity contribution in [3.05, 3.63) is 35.0 Å². The number of benzene rings is 1. The molecule has 0 radical (unpaired) electrons. The van der Waals surface area contributed by atoms with E-state index in [1.165, 1.54) is 0 Å². The van der Waals surface area contributed by atoms with E-state index in [0.29, 0.717) is 0 Å². The van der Waals surface area contributed by atoms with Gasteiger partial charge in [-0.2, -0.15) is 5.10 Å². The number of aryl methyl sites for hydroxylation is 4. The molecule has 3 rings (SSSR count). The molecule has 0 fully saturated rings. The third-order valence-electron chi connectivity index (χ3n) is 4.84. The smallest absolute Gasteiger partial charge is 0.213 e. The van der Waals surface area contributed by atoms with E-state index in [1.807, 2.05) is 33.9 Å². The van der Waals surface area contributed by atoms with Crippen LogP contribution in [0.25, 0.3) is 22.3 Å². The second kappa shape index (κ2) is 7.26. The maximum absolute atomic E-state index is 11.6. The Balaban J connectivity index is 2.40. The number of aromatic nitrogens is 3. The lowest BCUT2D eigenvalue weighted by molar-refractivity contribution is -0.107. The number of carbonyl (C=O) groups excluding carboxylic acids is 1. The van der Waals surface area contributed by atoms with Crippen molar-refractivity contribution in [2.75, 3.05) is 24.3 Å². The minimum atomic E-state index is 0.761. The fraction of sp³-hybridized carbons (Fsp3) is 0.350. The molecule has 142 valence electrons. The number of anilines is 2. The topological polar surface area (TPSA) is 87.0 Å². The maximum Gasteiger partial charge on any atom is 0.213 e. The van der Waals surface area contributed by atoms with Gasteiger partial charge < -0.3 is 14.7 Å². The predicted octanol–water partition coefficient (Wildman–Crippen LogP) is 3.85. The monoisotopic (exact) mass is 367 g/mol. The second-order valence-corrected chi connectivity index (χ2v) is 6.61. The number of nitrogens with zero attached hydrogens (tertiary/aromatic N) is 3. The number of amides is 1.